The van der Waals surface area contributed by atoms with Crippen LogP contribution in [0.1, 0.15) is 206 Å². The molecule has 0 saturated heterocycles. The van der Waals surface area contributed by atoms with Crippen molar-refractivity contribution in [3.8, 4) is 0 Å². The molecule has 0 saturated carbocycles. The van der Waals surface area contributed by atoms with Crippen molar-refractivity contribution in [1.82, 2.24) is 0 Å². The smallest absolute Gasteiger partial charge is 0.306 e. The van der Waals surface area contributed by atoms with E-state index >= 15 is 0 Å². The molecule has 310 valence electrons. The Labute approximate surface area is 333 Å². The second-order valence-corrected chi connectivity index (χ2v) is 14.7. The van der Waals surface area contributed by atoms with Gasteiger partial charge in [0.1, 0.15) is 6.61 Å². The van der Waals surface area contributed by atoms with E-state index in [1.165, 1.54) is 96.3 Å². The molecule has 0 aromatic rings. The van der Waals surface area contributed by atoms with Crippen LogP contribution < -0.4 is 0 Å². The minimum absolute atomic E-state index is 0.0751. The predicted octanol–water partition coefficient (Wildman–Crippen LogP) is 14.5. The standard InChI is InChI=1S/C49H84O5/c1-3-5-7-9-11-13-15-17-18-19-20-21-22-23-24-25-26-27-28-29-30-32-34-36-38-40-42-44-49(52)54-47(45-50)46-53-48(51)43-41-39-37-35-33-31-16-14-12-10-8-6-4-2/h5,7-8,10-11,13-14,16-18,20-21,47,50H,3-4,6,9,12,15,19,22-46H2,1-2H3/b7-5-,10-8-,13-11-,16-14-,18-17-,21-20-. The Kier molecular flexibility index (Phi) is 42.5. The Hall–Kier alpha value is -2.66. The molecular weight excluding hydrogens is 669 g/mol. The molecule has 1 N–H and O–H groups in total. The molecule has 1 unspecified atom stereocenters. The van der Waals surface area contributed by atoms with Gasteiger partial charge in [-0.25, -0.2) is 0 Å². The normalized spacial score (nSPS) is 12.9. The Morgan fingerprint density at radius 2 is 0.796 bits per heavy atom. The van der Waals surface area contributed by atoms with Crippen molar-refractivity contribution in [2.24, 2.45) is 0 Å². The third-order valence-electron chi connectivity index (χ3n) is 9.47. The van der Waals surface area contributed by atoms with Crippen LogP contribution in [0.5, 0.6) is 0 Å². The number of aliphatic hydroxyl groups is 1. The second-order valence-electron chi connectivity index (χ2n) is 14.7. The zero-order chi connectivity index (χ0) is 39.3. The van der Waals surface area contributed by atoms with Gasteiger partial charge in [-0.15, -0.1) is 0 Å². The first kappa shape index (κ1) is 51.3. The Morgan fingerprint density at radius 1 is 0.444 bits per heavy atom. The first-order valence-electron chi connectivity index (χ1n) is 22.5. The fourth-order valence-electron chi connectivity index (χ4n) is 6.11. The summed E-state index contributed by atoms with van der Waals surface area (Å²) in [6.45, 7) is 3.95. The van der Waals surface area contributed by atoms with Crippen molar-refractivity contribution < 1.29 is 24.2 Å². The van der Waals surface area contributed by atoms with Crippen LogP contribution in [0, 0.1) is 0 Å². The summed E-state index contributed by atoms with van der Waals surface area (Å²) in [5.74, 6) is -0.609. The molecule has 0 aliphatic rings. The number of unbranched alkanes of at least 4 members (excludes halogenated alkanes) is 20. The highest BCUT2D eigenvalue weighted by molar-refractivity contribution is 5.70. The van der Waals surface area contributed by atoms with Crippen molar-refractivity contribution in [2.45, 2.75) is 213 Å². The van der Waals surface area contributed by atoms with E-state index in [0.717, 1.165) is 83.5 Å². The van der Waals surface area contributed by atoms with E-state index in [4.69, 9.17) is 9.47 Å². The van der Waals surface area contributed by atoms with Crippen molar-refractivity contribution in [3.05, 3.63) is 72.9 Å². The molecule has 1 atom stereocenters. The average Bonchev–Trinajstić information content (AvgIpc) is 3.17. The highest BCUT2D eigenvalue weighted by atomic mass is 16.6. The van der Waals surface area contributed by atoms with E-state index in [0.29, 0.717) is 12.8 Å². The van der Waals surface area contributed by atoms with Gasteiger partial charge in [0.15, 0.2) is 6.10 Å². The van der Waals surface area contributed by atoms with E-state index in [9.17, 15) is 14.7 Å². The quantitative estimate of drug-likeness (QED) is 0.0383. The van der Waals surface area contributed by atoms with Gasteiger partial charge in [-0.3, -0.25) is 9.59 Å². The zero-order valence-corrected chi connectivity index (χ0v) is 35.2. The van der Waals surface area contributed by atoms with Gasteiger partial charge in [0.25, 0.3) is 0 Å². The summed E-state index contributed by atoms with van der Waals surface area (Å²) in [5.41, 5.74) is 0. The van der Waals surface area contributed by atoms with Crippen LogP contribution in [-0.4, -0.2) is 36.4 Å². The fourth-order valence-corrected chi connectivity index (χ4v) is 6.11. The minimum atomic E-state index is -0.779. The number of hydrogen-bond donors (Lipinski definition) is 1. The Morgan fingerprint density at radius 3 is 1.20 bits per heavy atom. The summed E-state index contributed by atoms with van der Waals surface area (Å²) in [4.78, 5) is 24.3. The monoisotopic (exact) mass is 753 g/mol. The number of hydrogen-bond acceptors (Lipinski definition) is 5. The third-order valence-corrected chi connectivity index (χ3v) is 9.47. The molecule has 0 amide bonds. The average molecular weight is 753 g/mol. The van der Waals surface area contributed by atoms with Crippen LogP contribution in [0.15, 0.2) is 72.9 Å². The molecule has 0 fully saturated rings. The van der Waals surface area contributed by atoms with Gasteiger partial charge in [0.05, 0.1) is 6.61 Å². The van der Waals surface area contributed by atoms with Crippen LogP contribution in [0.4, 0.5) is 0 Å². The maximum atomic E-state index is 12.2. The van der Waals surface area contributed by atoms with Crippen LogP contribution in [-0.2, 0) is 19.1 Å². The molecule has 0 bridgehead atoms. The first-order valence-corrected chi connectivity index (χ1v) is 22.5. The summed E-state index contributed by atoms with van der Waals surface area (Å²) < 4.78 is 10.6. The lowest BCUT2D eigenvalue weighted by atomic mass is 10.0. The van der Waals surface area contributed by atoms with Gasteiger partial charge < -0.3 is 14.6 Å². The summed E-state index contributed by atoms with van der Waals surface area (Å²) in [6, 6.07) is 0. The molecule has 0 rings (SSSR count). The Balaban J connectivity index is 3.51. The largest absolute Gasteiger partial charge is 0.462 e. The van der Waals surface area contributed by atoms with Crippen molar-refractivity contribution in [3.63, 3.8) is 0 Å². The molecule has 0 spiro atoms. The lowest BCUT2D eigenvalue weighted by Gasteiger charge is -2.15. The predicted molar refractivity (Wildman–Crippen MR) is 233 cm³/mol. The Bertz CT molecular complexity index is 988. The van der Waals surface area contributed by atoms with Gasteiger partial charge in [0.2, 0.25) is 0 Å². The number of esters is 2. The van der Waals surface area contributed by atoms with Crippen molar-refractivity contribution >= 4 is 11.9 Å². The van der Waals surface area contributed by atoms with Crippen LogP contribution >= 0.6 is 0 Å². The van der Waals surface area contributed by atoms with Gasteiger partial charge in [-0.05, 0) is 77.0 Å². The summed E-state index contributed by atoms with van der Waals surface area (Å²) in [7, 11) is 0. The van der Waals surface area contributed by atoms with E-state index in [1.807, 2.05) is 0 Å². The number of carbonyl (C=O) groups excluding carboxylic acids is 2. The van der Waals surface area contributed by atoms with Crippen molar-refractivity contribution in [1.29, 1.82) is 0 Å². The lowest BCUT2D eigenvalue weighted by molar-refractivity contribution is -0.161. The molecule has 0 aromatic heterocycles. The number of allylic oxidation sites excluding steroid dienone is 12. The number of rotatable bonds is 40. The molecule has 5 heteroatoms. The maximum absolute atomic E-state index is 12.2. The molecule has 0 aliphatic carbocycles. The first-order chi connectivity index (χ1) is 26.6. The highest BCUT2D eigenvalue weighted by Gasteiger charge is 2.16. The van der Waals surface area contributed by atoms with Gasteiger partial charge in [0, 0.05) is 12.8 Å². The van der Waals surface area contributed by atoms with Crippen molar-refractivity contribution in [2.75, 3.05) is 13.2 Å². The van der Waals surface area contributed by atoms with Gasteiger partial charge >= 0.3 is 11.9 Å². The molecule has 54 heavy (non-hydrogen) atoms. The van der Waals surface area contributed by atoms with E-state index in [2.05, 4.69) is 86.8 Å². The summed E-state index contributed by atoms with van der Waals surface area (Å²) in [6.07, 6.45) is 59.8. The topological polar surface area (TPSA) is 72.8 Å². The number of ether oxygens (including phenoxy) is 2. The molecule has 5 nitrogen and oxygen atoms in total. The number of aliphatic hydroxyl groups excluding tert-OH is 1. The molecule has 0 radical (unpaired) electrons. The molecule has 0 heterocycles. The lowest BCUT2D eigenvalue weighted by Crippen LogP contribution is -2.28. The molecular formula is C49H84O5. The van der Waals surface area contributed by atoms with Gasteiger partial charge in [-0.1, -0.05) is 189 Å². The van der Waals surface area contributed by atoms with Gasteiger partial charge in [-0.2, -0.15) is 0 Å². The highest BCUT2D eigenvalue weighted by Crippen LogP contribution is 2.15. The third kappa shape index (κ3) is 42.1. The maximum Gasteiger partial charge on any atom is 0.306 e. The fraction of sp³-hybridized carbons (Fsp3) is 0.714. The SMILES string of the molecule is CC/C=C\C/C=C\C/C=C\C/C=C\CCCCCCCCCCCCCCCCC(=O)OC(CO)COC(=O)CCCCCCC/C=C\C/C=C\CCC. The second kappa shape index (κ2) is 44.7. The summed E-state index contributed by atoms with van der Waals surface area (Å²) in [5, 5.41) is 9.58. The minimum Gasteiger partial charge on any atom is -0.462 e. The van der Waals surface area contributed by atoms with E-state index in [1.54, 1.807) is 0 Å². The molecule has 0 aliphatic heterocycles. The van der Waals surface area contributed by atoms with Crippen LogP contribution in [0.3, 0.4) is 0 Å². The molecule has 0 aromatic carbocycles. The number of carbonyl (C=O) groups is 2. The van der Waals surface area contributed by atoms with Crippen LogP contribution in [0.25, 0.3) is 0 Å². The van der Waals surface area contributed by atoms with Crippen LogP contribution in [0.2, 0.25) is 0 Å². The van der Waals surface area contributed by atoms with E-state index in [-0.39, 0.29) is 25.2 Å². The summed E-state index contributed by atoms with van der Waals surface area (Å²) >= 11 is 0. The van der Waals surface area contributed by atoms with E-state index < -0.39 is 6.10 Å². The zero-order valence-electron chi connectivity index (χ0n) is 35.2.